The predicted octanol–water partition coefficient (Wildman–Crippen LogP) is 2.71. The number of aromatic carboxylic acids is 1. The number of rotatable bonds is 2. The van der Waals surface area contributed by atoms with E-state index in [1.54, 1.807) is 18.2 Å². The van der Waals surface area contributed by atoms with Gasteiger partial charge in [-0.05, 0) is 45.3 Å². The van der Waals surface area contributed by atoms with Gasteiger partial charge in [-0.1, -0.05) is 26.0 Å². The van der Waals surface area contributed by atoms with Crippen molar-refractivity contribution in [2.75, 3.05) is 0 Å². The van der Waals surface area contributed by atoms with Gasteiger partial charge in [0.2, 0.25) is 0 Å². The Morgan fingerprint density at radius 2 is 1.60 bits per heavy atom. The summed E-state index contributed by atoms with van der Waals surface area (Å²) in [6.45, 7) is 11.9. The Morgan fingerprint density at radius 1 is 1.10 bits per heavy atom. The molecule has 2 rings (SSSR count). The van der Waals surface area contributed by atoms with Gasteiger partial charge in [0.15, 0.2) is 0 Å². The first kappa shape index (κ1) is 16.7. The zero-order valence-corrected chi connectivity index (χ0v) is 13.1. The number of carbonyl (C=O) groups is 1. The van der Waals surface area contributed by atoms with E-state index in [1.807, 2.05) is 47.6 Å². The minimum Gasteiger partial charge on any atom is -0.478 e. The van der Waals surface area contributed by atoms with Crippen LogP contribution in [0.2, 0.25) is 0 Å². The Morgan fingerprint density at radius 3 is 2.05 bits per heavy atom. The van der Waals surface area contributed by atoms with Crippen LogP contribution in [0.3, 0.4) is 0 Å². The van der Waals surface area contributed by atoms with E-state index in [2.05, 4.69) is 0 Å². The molecule has 110 valence electrons. The van der Waals surface area contributed by atoms with Crippen molar-refractivity contribution in [2.45, 2.75) is 52.7 Å². The molecule has 1 aromatic rings. The minimum atomic E-state index is -0.951. The topological polar surface area (TPSA) is 55.8 Å². The van der Waals surface area contributed by atoms with Crippen LogP contribution >= 0.6 is 0 Å². The molecule has 0 bridgehead atoms. The molecular formula is C15H23BO4. The largest absolute Gasteiger partial charge is 0.494 e. The van der Waals surface area contributed by atoms with Crippen molar-refractivity contribution in [1.82, 2.24) is 0 Å². The average molecular weight is 278 g/mol. The van der Waals surface area contributed by atoms with Gasteiger partial charge in [-0.3, -0.25) is 0 Å². The second-order valence-corrected chi connectivity index (χ2v) is 5.52. The molecule has 5 heteroatoms. The summed E-state index contributed by atoms with van der Waals surface area (Å²) in [5.41, 5.74) is 0.129. The van der Waals surface area contributed by atoms with Gasteiger partial charge in [-0.15, -0.1) is 0 Å². The van der Waals surface area contributed by atoms with E-state index < -0.39 is 24.3 Å². The molecule has 1 aromatic carbocycles. The van der Waals surface area contributed by atoms with E-state index in [-0.39, 0.29) is 5.56 Å². The minimum absolute atomic E-state index is 0.238. The van der Waals surface area contributed by atoms with Crippen LogP contribution < -0.4 is 5.46 Å². The fraction of sp³-hybridized carbons (Fsp3) is 0.533. The van der Waals surface area contributed by atoms with Crippen LogP contribution in [0.5, 0.6) is 0 Å². The molecule has 0 spiro atoms. The van der Waals surface area contributed by atoms with E-state index in [0.29, 0.717) is 0 Å². The van der Waals surface area contributed by atoms with Crippen molar-refractivity contribution in [1.29, 1.82) is 0 Å². The zero-order chi connectivity index (χ0) is 15.6. The first-order valence-electron chi connectivity index (χ1n) is 6.92. The lowest BCUT2D eigenvalue weighted by atomic mass is 9.78. The van der Waals surface area contributed by atoms with E-state index in [4.69, 9.17) is 14.4 Å². The fourth-order valence-electron chi connectivity index (χ4n) is 1.80. The highest BCUT2D eigenvalue weighted by Crippen LogP contribution is 2.36. The normalized spacial score (nSPS) is 19.2. The molecule has 0 atom stereocenters. The van der Waals surface area contributed by atoms with Gasteiger partial charge in [0.25, 0.3) is 0 Å². The van der Waals surface area contributed by atoms with E-state index in [0.717, 1.165) is 5.46 Å². The Kier molecular flexibility index (Phi) is 5.00. The summed E-state index contributed by atoms with van der Waals surface area (Å²) in [5.74, 6) is -0.951. The number of hydrogen-bond donors (Lipinski definition) is 1. The molecule has 0 amide bonds. The third kappa shape index (κ3) is 3.22. The third-order valence-corrected chi connectivity index (χ3v) is 3.66. The first-order valence-corrected chi connectivity index (χ1v) is 6.92. The summed E-state index contributed by atoms with van der Waals surface area (Å²) in [7, 11) is -0.519. The number of hydrogen-bond acceptors (Lipinski definition) is 3. The molecule has 1 fully saturated rings. The Bertz CT molecular complexity index is 467. The van der Waals surface area contributed by atoms with Crippen molar-refractivity contribution < 1.29 is 19.2 Å². The van der Waals surface area contributed by atoms with Crippen LogP contribution in [0.1, 0.15) is 51.9 Å². The van der Waals surface area contributed by atoms with Crippen molar-refractivity contribution >= 4 is 18.6 Å². The summed E-state index contributed by atoms with van der Waals surface area (Å²) in [4.78, 5) is 10.9. The van der Waals surface area contributed by atoms with Gasteiger partial charge >= 0.3 is 13.1 Å². The molecular weight excluding hydrogens is 255 g/mol. The van der Waals surface area contributed by atoms with E-state index >= 15 is 0 Å². The maximum atomic E-state index is 10.9. The molecule has 0 unspecified atom stereocenters. The van der Waals surface area contributed by atoms with Crippen molar-refractivity contribution in [3.05, 3.63) is 29.8 Å². The van der Waals surface area contributed by atoms with Crippen LogP contribution in [0.15, 0.2) is 24.3 Å². The summed E-state index contributed by atoms with van der Waals surface area (Å²) >= 11 is 0. The highest BCUT2D eigenvalue weighted by Gasteiger charge is 2.51. The van der Waals surface area contributed by atoms with Crippen molar-refractivity contribution in [3.63, 3.8) is 0 Å². The van der Waals surface area contributed by atoms with Crippen LogP contribution in [-0.2, 0) is 9.31 Å². The molecule has 20 heavy (non-hydrogen) atoms. The summed E-state index contributed by atoms with van der Waals surface area (Å²) in [6.07, 6.45) is 0. The molecule has 1 heterocycles. The Labute approximate surface area is 121 Å². The van der Waals surface area contributed by atoms with Gasteiger partial charge in [0, 0.05) is 0 Å². The smallest absolute Gasteiger partial charge is 0.478 e. The molecule has 1 aliphatic rings. The van der Waals surface area contributed by atoms with Gasteiger partial charge in [0.05, 0.1) is 16.8 Å². The summed E-state index contributed by atoms with van der Waals surface area (Å²) in [5, 5.41) is 8.98. The zero-order valence-electron chi connectivity index (χ0n) is 13.1. The highest BCUT2D eigenvalue weighted by atomic mass is 16.7. The quantitative estimate of drug-likeness (QED) is 0.845. The number of carboxylic acids is 1. The summed E-state index contributed by atoms with van der Waals surface area (Å²) < 4.78 is 11.7. The molecule has 1 aliphatic heterocycles. The van der Waals surface area contributed by atoms with Crippen LogP contribution in [-0.4, -0.2) is 29.4 Å². The molecule has 1 N–H and O–H groups in total. The molecule has 0 aromatic heterocycles. The van der Waals surface area contributed by atoms with Crippen molar-refractivity contribution in [3.8, 4) is 0 Å². The first-order chi connectivity index (χ1) is 9.23. The average Bonchev–Trinajstić information content (AvgIpc) is 2.61. The number of carboxylic acid groups (broad SMARTS) is 1. The van der Waals surface area contributed by atoms with Crippen LogP contribution in [0.25, 0.3) is 0 Å². The molecule has 0 saturated carbocycles. The summed E-state index contributed by atoms with van der Waals surface area (Å²) in [6, 6.07) is 6.65. The number of benzene rings is 1. The van der Waals surface area contributed by atoms with Crippen LogP contribution in [0, 0.1) is 0 Å². The molecule has 0 aliphatic carbocycles. The Balaban J connectivity index is 0.000000956. The maximum Gasteiger partial charge on any atom is 0.494 e. The SMILES string of the molecule is CC.CC1(C)OB(c2cccc(C(=O)O)c2)OC1(C)C. The van der Waals surface area contributed by atoms with Gasteiger partial charge < -0.3 is 14.4 Å². The molecule has 4 nitrogen and oxygen atoms in total. The lowest BCUT2D eigenvalue weighted by Crippen LogP contribution is -2.41. The van der Waals surface area contributed by atoms with Gasteiger partial charge in [-0.25, -0.2) is 4.79 Å². The Hall–Kier alpha value is -1.33. The highest BCUT2D eigenvalue weighted by molar-refractivity contribution is 6.62. The maximum absolute atomic E-state index is 10.9. The van der Waals surface area contributed by atoms with Gasteiger partial charge in [-0.2, -0.15) is 0 Å². The second-order valence-electron chi connectivity index (χ2n) is 5.52. The van der Waals surface area contributed by atoms with Gasteiger partial charge in [0.1, 0.15) is 0 Å². The second kappa shape index (κ2) is 5.98. The van der Waals surface area contributed by atoms with E-state index in [9.17, 15) is 4.79 Å². The lowest BCUT2D eigenvalue weighted by Gasteiger charge is -2.32. The molecule has 0 radical (unpaired) electrons. The third-order valence-electron chi connectivity index (χ3n) is 3.66. The van der Waals surface area contributed by atoms with Crippen molar-refractivity contribution in [2.24, 2.45) is 0 Å². The van der Waals surface area contributed by atoms with E-state index in [1.165, 1.54) is 0 Å². The fourth-order valence-corrected chi connectivity index (χ4v) is 1.80. The monoisotopic (exact) mass is 278 g/mol. The predicted molar refractivity (Wildman–Crippen MR) is 80.5 cm³/mol. The lowest BCUT2D eigenvalue weighted by molar-refractivity contribution is 0.00578. The molecule has 1 saturated heterocycles. The van der Waals surface area contributed by atoms with Crippen LogP contribution in [0.4, 0.5) is 0 Å². The standard InChI is InChI=1S/C13H17BO4.C2H6/c1-12(2)13(3,4)18-14(17-12)10-7-5-6-9(8-10)11(15)16;1-2/h5-8H,1-4H3,(H,15,16);1-2H3.